The number of ether oxygens (including phenoxy) is 1. The highest BCUT2D eigenvalue weighted by molar-refractivity contribution is 6.24. The molecule has 3 aliphatic heterocycles. The smallest absolute Gasteiger partial charge is 0.273 e. The number of fused-ring (bicyclic) bond motifs is 8. The molecule has 11 heteroatoms. The van der Waals surface area contributed by atoms with Crippen LogP contribution < -0.4 is 20.5 Å². The third-order valence-corrected chi connectivity index (χ3v) is 8.63. The van der Waals surface area contributed by atoms with E-state index in [1.54, 1.807) is 28.8 Å². The molecule has 7 rings (SSSR count). The number of carbonyl (C=O) groups is 2. The van der Waals surface area contributed by atoms with Crippen LogP contribution in [0.3, 0.4) is 0 Å². The molecular formula is C30H25N5O6. The molecule has 3 aromatic carbocycles. The second-order valence-corrected chi connectivity index (χ2v) is 11.0. The predicted molar refractivity (Wildman–Crippen MR) is 149 cm³/mol. The monoisotopic (exact) mass is 551 g/mol. The zero-order chi connectivity index (χ0) is 28.8. The van der Waals surface area contributed by atoms with Gasteiger partial charge in [0.25, 0.3) is 11.2 Å². The molecule has 3 aliphatic rings. The summed E-state index contributed by atoms with van der Waals surface area (Å²) >= 11 is 0. The van der Waals surface area contributed by atoms with Crippen LogP contribution in [-0.2, 0) is 15.1 Å². The minimum absolute atomic E-state index is 0.0385. The summed E-state index contributed by atoms with van der Waals surface area (Å²) in [5.74, 6) is -2.32. The average molecular weight is 552 g/mol. The minimum Gasteiger partial charge on any atom is -0.494 e. The van der Waals surface area contributed by atoms with Crippen molar-refractivity contribution in [3.8, 4) is 11.4 Å². The Balaban J connectivity index is 1.50. The largest absolute Gasteiger partial charge is 0.494 e. The van der Waals surface area contributed by atoms with Crippen LogP contribution in [0.2, 0.25) is 0 Å². The number of carbonyl (C=O) groups excluding carboxylic acids is 2. The fourth-order valence-corrected chi connectivity index (χ4v) is 6.93. The molecule has 0 saturated carbocycles. The van der Waals surface area contributed by atoms with Gasteiger partial charge in [-0.1, -0.05) is 44.2 Å². The number of amides is 2. The van der Waals surface area contributed by atoms with Crippen LogP contribution in [0.4, 0.5) is 11.4 Å². The van der Waals surface area contributed by atoms with E-state index in [0.29, 0.717) is 28.0 Å². The molecule has 41 heavy (non-hydrogen) atoms. The molecule has 4 aromatic rings. The molecule has 1 spiro atoms. The van der Waals surface area contributed by atoms with E-state index in [1.165, 1.54) is 25.3 Å². The van der Waals surface area contributed by atoms with Gasteiger partial charge in [0.1, 0.15) is 17.1 Å². The summed E-state index contributed by atoms with van der Waals surface area (Å²) in [6.45, 7) is 3.95. The van der Waals surface area contributed by atoms with Gasteiger partial charge in [-0.3, -0.25) is 34.4 Å². The second-order valence-electron chi connectivity index (χ2n) is 11.0. The molecule has 2 fully saturated rings. The van der Waals surface area contributed by atoms with E-state index in [4.69, 9.17) is 9.72 Å². The number of benzene rings is 3. The van der Waals surface area contributed by atoms with Gasteiger partial charge in [-0.2, -0.15) is 0 Å². The molecule has 0 unspecified atom stereocenters. The Morgan fingerprint density at radius 3 is 2.46 bits per heavy atom. The van der Waals surface area contributed by atoms with E-state index in [9.17, 15) is 24.5 Å². The standard InChI is InChI=1S/C30H25N5O6/c1-15(2)25-23-24(28(38)33(27(23)37)21-13-12-16(35(39)40)14-22(21)41-3)30(32-25)18-9-5-7-11-20(18)34-26(36)17-8-4-6-10-19(17)31-29(30)34/h4-15,23-25,32H,1-3H3/t23-,24-,25-,30-/m1/s1. The minimum atomic E-state index is -1.27. The van der Waals surface area contributed by atoms with Crippen LogP contribution >= 0.6 is 0 Å². The van der Waals surface area contributed by atoms with E-state index in [1.807, 2.05) is 38.1 Å². The lowest BCUT2D eigenvalue weighted by molar-refractivity contribution is -0.384. The number of para-hydroxylation sites is 2. The Kier molecular flexibility index (Phi) is 5.23. The van der Waals surface area contributed by atoms with Gasteiger partial charge in [0.05, 0.1) is 52.2 Å². The first-order valence-corrected chi connectivity index (χ1v) is 13.3. The van der Waals surface area contributed by atoms with Crippen LogP contribution in [0.1, 0.15) is 25.2 Å². The number of nitro benzene ring substituents is 1. The van der Waals surface area contributed by atoms with E-state index in [2.05, 4.69) is 5.32 Å². The Hall–Kier alpha value is -4.90. The number of nitrogens with zero attached hydrogens (tertiary/aromatic N) is 4. The topological polar surface area (TPSA) is 137 Å². The quantitative estimate of drug-likeness (QED) is 0.232. The molecule has 4 atom stereocenters. The normalized spacial score (nSPS) is 24.3. The summed E-state index contributed by atoms with van der Waals surface area (Å²) in [6.07, 6.45) is 0. The lowest BCUT2D eigenvalue weighted by atomic mass is 9.75. The van der Waals surface area contributed by atoms with Crippen molar-refractivity contribution in [1.82, 2.24) is 14.9 Å². The van der Waals surface area contributed by atoms with Gasteiger partial charge in [0.15, 0.2) is 0 Å². The van der Waals surface area contributed by atoms with Crippen molar-refractivity contribution in [1.29, 1.82) is 0 Å². The fourth-order valence-electron chi connectivity index (χ4n) is 6.93. The fraction of sp³-hybridized carbons (Fsp3) is 0.267. The summed E-state index contributed by atoms with van der Waals surface area (Å²) in [5.41, 5.74) is 0.173. The van der Waals surface area contributed by atoms with Crippen molar-refractivity contribution in [2.75, 3.05) is 12.0 Å². The molecular weight excluding hydrogens is 526 g/mol. The number of hydrogen-bond donors (Lipinski definition) is 1. The molecule has 2 amide bonds. The van der Waals surface area contributed by atoms with Gasteiger partial charge in [0.2, 0.25) is 11.8 Å². The summed E-state index contributed by atoms with van der Waals surface area (Å²) in [5, 5.41) is 15.5. The van der Waals surface area contributed by atoms with Crippen molar-refractivity contribution in [2.24, 2.45) is 17.8 Å². The molecule has 1 N–H and O–H groups in total. The third kappa shape index (κ3) is 3.12. The third-order valence-electron chi connectivity index (χ3n) is 8.63. The van der Waals surface area contributed by atoms with E-state index in [-0.39, 0.29) is 28.6 Å². The van der Waals surface area contributed by atoms with Gasteiger partial charge in [0, 0.05) is 17.7 Å². The van der Waals surface area contributed by atoms with Crippen molar-refractivity contribution >= 4 is 34.1 Å². The number of anilines is 1. The first kappa shape index (κ1) is 25.1. The SMILES string of the molecule is COc1cc([N+](=O)[O-])ccc1N1C(=O)[C@H]2[C@@H](C(C)C)N[C@]3(c4ccccc4-n4c3nc3ccccc3c4=O)[C@H]2C1=O. The summed E-state index contributed by atoms with van der Waals surface area (Å²) < 4.78 is 6.96. The highest BCUT2D eigenvalue weighted by Crippen LogP contribution is 2.57. The first-order valence-electron chi connectivity index (χ1n) is 13.3. The van der Waals surface area contributed by atoms with Crippen LogP contribution in [0, 0.1) is 27.9 Å². The highest BCUT2D eigenvalue weighted by atomic mass is 16.6. The molecule has 4 heterocycles. The second kappa shape index (κ2) is 8.55. The average Bonchev–Trinajstić information content (AvgIpc) is 3.56. The number of non-ortho nitro benzene ring substituents is 1. The summed E-state index contributed by atoms with van der Waals surface area (Å²) in [6, 6.07) is 17.8. The molecule has 2 saturated heterocycles. The van der Waals surface area contributed by atoms with E-state index >= 15 is 0 Å². The number of hydrogen-bond acceptors (Lipinski definition) is 8. The molecule has 0 aliphatic carbocycles. The molecule has 0 radical (unpaired) electrons. The van der Waals surface area contributed by atoms with Crippen molar-refractivity contribution in [3.05, 3.63) is 98.6 Å². The Bertz CT molecular complexity index is 1880. The highest BCUT2D eigenvalue weighted by Gasteiger charge is 2.70. The Morgan fingerprint density at radius 1 is 1.00 bits per heavy atom. The molecule has 1 aromatic heterocycles. The van der Waals surface area contributed by atoms with Crippen molar-refractivity contribution < 1.29 is 19.2 Å². The van der Waals surface area contributed by atoms with Gasteiger partial charge in [-0.05, 0) is 30.2 Å². The lowest BCUT2D eigenvalue weighted by Crippen LogP contribution is -2.51. The first-order chi connectivity index (χ1) is 19.7. The Morgan fingerprint density at radius 2 is 1.73 bits per heavy atom. The number of aromatic nitrogens is 2. The number of nitrogens with one attached hydrogen (secondary N) is 1. The van der Waals surface area contributed by atoms with Crippen molar-refractivity contribution in [2.45, 2.75) is 25.4 Å². The molecule has 11 nitrogen and oxygen atoms in total. The maximum absolute atomic E-state index is 14.5. The summed E-state index contributed by atoms with van der Waals surface area (Å²) in [4.78, 5) is 59.5. The zero-order valence-electron chi connectivity index (χ0n) is 22.4. The maximum Gasteiger partial charge on any atom is 0.273 e. The van der Waals surface area contributed by atoms with Gasteiger partial charge >= 0.3 is 0 Å². The maximum atomic E-state index is 14.5. The van der Waals surface area contributed by atoms with Crippen LogP contribution in [-0.4, -0.2) is 39.4 Å². The molecule has 0 bridgehead atoms. The number of methoxy groups -OCH3 is 1. The van der Waals surface area contributed by atoms with Crippen LogP contribution in [0.15, 0.2) is 71.5 Å². The van der Waals surface area contributed by atoms with Gasteiger partial charge in [-0.15, -0.1) is 0 Å². The van der Waals surface area contributed by atoms with Gasteiger partial charge < -0.3 is 4.74 Å². The van der Waals surface area contributed by atoms with E-state index < -0.39 is 40.2 Å². The summed E-state index contributed by atoms with van der Waals surface area (Å²) in [7, 11) is 1.33. The lowest BCUT2D eigenvalue weighted by Gasteiger charge is -2.32. The predicted octanol–water partition coefficient (Wildman–Crippen LogP) is 3.29. The Labute approximate surface area is 233 Å². The van der Waals surface area contributed by atoms with Crippen molar-refractivity contribution in [3.63, 3.8) is 0 Å². The van der Waals surface area contributed by atoms with E-state index in [0.717, 1.165) is 4.90 Å². The number of rotatable bonds is 4. The molecule has 206 valence electrons. The van der Waals surface area contributed by atoms with Crippen LogP contribution in [0.5, 0.6) is 5.75 Å². The number of nitro groups is 1. The zero-order valence-corrected chi connectivity index (χ0v) is 22.4. The number of imide groups is 1. The van der Waals surface area contributed by atoms with Gasteiger partial charge in [-0.25, -0.2) is 9.88 Å². The van der Waals surface area contributed by atoms with Crippen LogP contribution in [0.25, 0.3) is 16.6 Å².